The monoisotopic (exact) mass is 423 g/mol. The maximum atomic E-state index is 12.9. The highest BCUT2D eigenvalue weighted by molar-refractivity contribution is 5.95. The summed E-state index contributed by atoms with van der Waals surface area (Å²) in [6, 6.07) is 16.2. The van der Waals surface area contributed by atoms with Crippen LogP contribution in [0.2, 0.25) is 0 Å². The smallest absolute Gasteiger partial charge is 0.311 e. The molecule has 0 saturated carbocycles. The molecule has 1 N–H and O–H groups in total. The Morgan fingerprint density at radius 2 is 1.81 bits per heavy atom. The van der Waals surface area contributed by atoms with Gasteiger partial charge >= 0.3 is 5.97 Å². The van der Waals surface area contributed by atoms with Gasteiger partial charge in [0.15, 0.2) is 6.10 Å². The first-order valence-electron chi connectivity index (χ1n) is 9.79. The number of nitrogens with one attached hydrogen (secondary N) is 1. The van der Waals surface area contributed by atoms with Crippen molar-refractivity contribution in [2.45, 2.75) is 26.4 Å². The molecule has 8 nitrogen and oxygen atoms in total. The van der Waals surface area contributed by atoms with Crippen LogP contribution in [-0.4, -0.2) is 34.5 Å². The van der Waals surface area contributed by atoms with Gasteiger partial charge in [-0.05, 0) is 43.7 Å². The number of aromatic nitrogens is 2. The third-order valence-electron chi connectivity index (χ3n) is 4.96. The highest BCUT2D eigenvalue weighted by Gasteiger charge is 2.23. The fraction of sp³-hybridized carbons (Fsp3) is 0.261. The zero-order chi connectivity index (χ0) is 22.5. The molecule has 0 aliphatic heterocycles. The fourth-order valence-electron chi connectivity index (χ4n) is 3.18. The number of carbonyl (C=O) groups excluding carboxylic acids is 2. The molecule has 0 bridgehead atoms. The van der Waals surface area contributed by atoms with Crippen molar-refractivity contribution >= 4 is 17.6 Å². The van der Waals surface area contributed by atoms with E-state index in [0.717, 1.165) is 0 Å². The van der Waals surface area contributed by atoms with Gasteiger partial charge in [0.1, 0.15) is 11.4 Å². The Morgan fingerprint density at radius 1 is 1.10 bits per heavy atom. The molecule has 1 aromatic heterocycles. The number of esters is 1. The maximum Gasteiger partial charge on any atom is 0.311 e. The third kappa shape index (κ3) is 4.85. The SMILES string of the molecule is COc1cccc(CC(=O)O[C@@H](C)C(=O)Nc2c(C)n(C)n(-c3ccccc3)c2=O)c1. The van der Waals surface area contributed by atoms with E-state index in [4.69, 9.17) is 9.47 Å². The fourth-order valence-corrected chi connectivity index (χ4v) is 3.18. The summed E-state index contributed by atoms with van der Waals surface area (Å²) in [5, 5.41) is 2.61. The van der Waals surface area contributed by atoms with E-state index in [1.165, 1.54) is 11.6 Å². The van der Waals surface area contributed by atoms with Gasteiger partial charge in [-0.2, -0.15) is 0 Å². The first-order chi connectivity index (χ1) is 14.8. The zero-order valence-electron chi connectivity index (χ0n) is 17.9. The van der Waals surface area contributed by atoms with E-state index < -0.39 is 18.0 Å². The molecular formula is C23H25N3O5. The van der Waals surface area contributed by atoms with Crippen molar-refractivity contribution in [1.29, 1.82) is 0 Å². The lowest BCUT2D eigenvalue weighted by atomic mass is 10.1. The summed E-state index contributed by atoms with van der Waals surface area (Å²) in [5.41, 5.74) is 1.75. The van der Waals surface area contributed by atoms with Crippen LogP contribution < -0.4 is 15.6 Å². The lowest BCUT2D eigenvalue weighted by molar-refractivity contribution is -0.152. The molecule has 8 heteroatoms. The molecule has 0 radical (unpaired) electrons. The number of rotatable bonds is 7. The van der Waals surface area contributed by atoms with E-state index in [-0.39, 0.29) is 17.7 Å². The largest absolute Gasteiger partial charge is 0.497 e. The van der Waals surface area contributed by atoms with Crippen molar-refractivity contribution in [3.63, 3.8) is 0 Å². The molecule has 1 amide bonds. The number of anilines is 1. The van der Waals surface area contributed by atoms with Crippen LogP contribution in [-0.2, 0) is 27.8 Å². The number of nitrogens with zero attached hydrogens (tertiary/aromatic N) is 2. The quantitative estimate of drug-likeness (QED) is 0.590. The number of para-hydroxylation sites is 1. The summed E-state index contributed by atoms with van der Waals surface area (Å²) >= 11 is 0. The Kier molecular flexibility index (Phi) is 6.59. The highest BCUT2D eigenvalue weighted by atomic mass is 16.5. The van der Waals surface area contributed by atoms with Gasteiger partial charge < -0.3 is 14.8 Å². The summed E-state index contributed by atoms with van der Waals surface area (Å²) in [7, 11) is 3.28. The van der Waals surface area contributed by atoms with E-state index in [2.05, 4.69) is 5.32 Å². The van der Waals surface area contributed by atoms with Crippen LogP contribution in [0.3, 0.4) is 0 Å². The van der Waals surface area contributed by atoms with Crippen LogP contribution in [0.15, 0.2) is 59.4 Å². The first kappa shape index (κ1) is 21.9. The average Bonchev–Trinajstić information content (AvgIpc) is 2.97. The second-order valence-electron chi connectivity index (χ2n) is 7.09. The molecule has 3 rings (SSSR count). The molecule has 0 unspecified atom stereocenters. The minimum Gasteiger partial charge on any atom is -0.497 e. The van der Waals surface area contributed by atoms with Gasteiger partial charge in [0.2, 0.25) is 0 Å². The maximum absolute atomic E-state index is 12.9. The van der Waals surface area contributed by atoms with Crippen molar-refractivity contribution in [3.8, 4) is 11.4 Å². The molecule has 2 aromatic carbocycles. The standard InChI is InChI=1S/C23H25N3O5/c1-15-21(23(29)26(25(15)3)18-10-6-5-7-11-18)24-22(28)16(2)31-20(27)14-17-9-8-12-19(13-17)30-4/h5-13,16H,14H2,1-4H3,(H,24,28)/t16-/m0/s1. The van der Waals surface area contributed by atoms with Crippen LogP contribution in [0, 0.1) is 6.92 Å². The highest BCUT2D eigenvalue weighted by Crippen LogP contribution is 2.16. The minimum atomic E-state index is -1.07. The Morgan fingerprint density at radius 3 is 2.48 bits per heavy atom. The van der Waals surface area contributed by atoms with Crippen LogP contribution in [0.5, 0.6) is 5.75 Å². The van der Waals surface area contributed by atoms with E-state index in [1.807, 2.05) is 18.2 Å². The third-order valence-corrected chi connectivity index (χ3v) is 4.96. The number of methoxy groups -OCH3 is 1. The van der Waals surface area contributed by atoms with E-state index >= 15 is 0 Å². The molecule has 31 heavy (non-hydrogen) atoms. The average molecular weight is 423 g/mol. The second kappa shape index (κ2) is 9.34. The zero-order valence-corrected chi connectivity index (χ0v) is 17.9. The normalized spacial score (nSPS) is 11.6. The molecule has 3 aromatic rings. The molecule has 0 spiro atoms. The second-order valence-corrected chi connectivity index (χ2v) is 7.09. The first-order valence-corrected chi connectivity index (χ1v) is 9.79. The molecule has 1 atom stereocenters. The lowest BCUT2D eigenvalue weighted by Gasteiger charge is -2.13. The summed E-state index contributed by atoms with van der Waals surface area (Å²) in [5.74, 6) is -0.502. The van der Waals surface area contributed by atoms with Gasteiger partial charge in [-0.15, -0.1) is 0 Å². The number of carbonyl (C=O) groups is 2. The van der Waals surface area contributed by atoms with Crippen molar-refractivity contribution in [1.82, 2.24) is 9.36 Å². The Hall–Kier alpha value is -3.81. The summed E-state index contributed by atoms with van der Waals surface area (Å²) < 4.78 is 13.5. The topological polar surface area (TPSA) is 91.6 Å². The van der Waals surface area contributed by atoms with Gasteiger partial charge in [0, 0.05) is 7.05 Å². The van der Waals surface area contributed by atoms with E-state index in [0.29, 0.717) is 22.7 Å². The van der Waals surface area contributed by atoms with Crippen LogP contribution in [0.25, 0.3) is 5.69 Å². The summed E-state index contributed by atoms with van der Waals surface area (Å²) in [6.07, 6.45) is -1.07. The Labute approximate surface area is 180 Å². The van der Waals surface area contributed by atoms with Crippen molar-refractivity contribution in [3.05, 3.63) is 76.2 Å². The van der Waals surface area contributed by atoms with Gasteiger partial charge in [0.05, 0.1) is 24.9 Å². The number of amides is 1. The Bertz CT molecular complexity index is 1150. The minimum absolute atomic E-state index is 0.00000249. The number of benzene rings is 2. The van der Waals surface area contributed by atoms with Crippen LogP contribution in [0.1, 0.15) is 18.2 Å². The van der Waals surface area contributed by atoms with Gasteiger partial charge in [0.25, 0.3) is 11.5 Å². The van der Waals surface area contributed by atoms with Crippen LogP contribution >= 0.6 is 0 Å². The van der Waals surface area contributed by atoms with Gasteiger partial charge in [-0.3, -0.25) is 19.1 Å². The molecule has 1 heterocycles. The van der Waals surface area contributed by atoms with Gasteiger partial charge in [-0.25, -0.2) is 4.68 Å². The molecule has 0 fully saturated rings. The summed E-state index contributed by atoms with van der Waals surface area (Å²) in [4.78, 5) is 37.7. The molecule has 0 saturated heterocycles. The molecule has 162 valence electrons. The number of hydrogen-bond acceptors (Lipinski definition) is 5. The number of hydrogen-bond donors (Lipinski definition) is 1. The molecule has 0 aliphatic rings. The van der Waals surface area contributed by atoms with Crippen molar-refractivity contribution in [2.75, 3.05) is 12.4 Å². The lowest BCUT2D eigenvalue weighted by Crippen LogP contribution is -2.32. The number of ether oxygens (including phenoxy) is 2. The Balaban J connectivity index is 1.70. The molecular weight excluding hydrogens is 398 g/mol. The van der Waals surface area contributed by atoms with E-state index in [1.54, 1.807) is 62.2 Å². The van der Waals surface area contributed by atoms with E-state index in [9.17, 15) is 14.4 Å². The predicted molar refractivity (Wildman–Crippen MR) is 117 cm³/mol. The molecule has 0 aliphatic carbocycles. The predicted octanol–water partition coefficient (Wildman–Crippen LogP) is 2.61. The van der Waals surface area contributed by atoms with Gasteiger partial charge in [-0.1, -0.05) is 30.3 Å². The summed E-state index contributed by atoms with van der Waals surface area (Å²) in [6.45, 7) is 3.20. The van der Waals surface area contributed by atoms with Crippen LogP contribution in [0.4, 0.5) is 5.69 Å². The van der Waals surface area contributed by atoms with Crippen molar-refractivity contribution in [2.24, 2.45) is 7.05 Å². The van der Waals surface area contributed by atoms with Crippen molar-refractivity contribution < 1.29 is 19.1 Å².